The normalized spacial score (nSPS) is 13.9. The number of carbonyl (C=O) groups is 2. The van der Waals surface area contributed by atoms with E-state index in [0.717, 1.165) is 11.3 Å². The summed E-state index contributed by atoms with van der Waals surface area (Å²) in [5.41, 5.74) is 2.51. The van der Waals surface area contributed by atoms with Crippen molar-refractivity contribution in [2.75, 3.05) is 44.9 Å². The molecule has 3 rings (SSSR count). The van der Waals surface area contributed by atoms with Crippen molar-refractivity contribution in [2.24, 2.45) is 5.92 Å². The molecule has 8 heteroatoms. The average molecular weight is 485 g/mol. The lowest BCUT2D eigenvalue weighted by atomic mass is 9.96. The van der Waals surface area contributed by atoms with E-state index in [2.05, 4.69) is 11.0 Å². The lowest BCUT2D eigenvalue weighted by Gasteiger charge is -2.32. The molecule has 0 aliphatic carbocycles. The van der Waals surface area contributed by atoms with Crippen LogP contribution < -0.4 is 19.1 Å². The summed E-state index contributed by atoms with van der Waals surface area (Å²) in [5, 5.41) is 9.24. The number of hydrogen-bond donors (Lipinski definition) is 1. The molecule has 0 saturated carbocycles. The van der Waals surface area contributed by atoms with Gasteiger partial charge in [0, 0.05) is 37.9 Å². The minimum atomic E-state index is -0.715. The smallest absolute Gasteiger partial charge is 0.306 e. The number of benzene rings is 2. The molecule has 190 valence electrons. The predicted molar refractivity (Wildman–Crippen MR) is 135 cm³/mol. The zero-order valence-electron chi connectivity index (χ0n) is 21.1. The zero-order chi connectivity index (χ0) is 25.4. The van der Waals surface area contributed by atoms with Crippen LogP contribution in [0.5, 0.6) is 17.2 Å². The van der Waals surface area contributed by atoms with E-state index >= 15 is 0 Å². The number of nitrogens with zero attached hydrogens (tertiary/aromatic N) is 2. The lowest BCUT2D eigenvalue weighted by molar-refractivity contribution is -0.142. The van der Waals surface area contributed by atoms with E-state index in [4.69, 9.17) is 14.2 Å². The second kappa shape index (κ2) is 12.3. The fourth-order valence-corrected chi connectivity index (χ4v) is 4.31. The van der Waals surface area contributed by atoms with Gasteiger partial charge in [0.15, 0.2) is 11.5 Å². The topological polar surface area (TPSA) is 88.5 Å². The Balaban J connectivity index is 1.76. The fourth-order valence-electron chi connectivity index (χ4n) is 4.31. The number of ether oxygens (including phenoxy) is 3. The van der Waals surface area contributed by atoms with Gasteiger partial charge in [0.05, 0.1) is 25.7 Å². The van der Waals surface area contributed by atoms with Crippen LogP contribution in [0.1, 0.15) is 49.5 Å². The van der Waals surface area contributed by atoms with E-state index in [-0.39, 0.29) is 11.8 Å². The van der Waals surface area contributed by atoms with E-state index in [1.54, 1.807) is 24.1 Å². The maximum atomic E-state index is 13.3. The number of hydrogen-bond acceptors (Lipinski definition) is 6. The van der Waals surface area contributed by atoms with E-state index in [9.17, 15) is 14.7 Å². The molecule has 2 aromatic rings. The summed E-state index contributed by atoms with van der Waals surface area (Å²) in [5.74, 6) is 0.355. The Kier molecular flexibility index (Phi) is 9.23. The minimum absolute atomic E-state index is 0.150. The van der Waals surface area contributed by atoms with Crippen LogP contribution in [0.15, 0.2) is 36.4 Å². The molecule has 8 nitrogen and oxygen atoms in total. The SMILES string of the molecule is CCOc1cc(C(=O)N(C)Cc2cccc(N3CCC(C(=O)O)CC3)c2)cc(OCC)c1OCC. The molecule has 0 unspecified atom stereocenters. The number of carboxylic acids is 1. The molecule has 2 aromatic carbocycles. The van der Waals surface area contributed by atoms with Gasteiger partial charge in [-0.3, -0.25) is 9.59 Å². The van der Waals surface area contributed by atoms with Crippen LogP contribution in [-0.2, 0) is 11.3 Å². The van der Waals surface area contributed by atoms with Crippen molar-refractivity contribution < 1.29 is 28.9 Å². The molecule has 1 aliphatic rings. The third kappa shape index (κ3) is 6.59. The molecule has 1 amide bonds. The number of piperidine rings is 1. The molecule has 0 atom stereocenters. The Morgan fingerprint density at radius 1 is 0.971 bits per heavy atom. The molecule has 1 aliphatic heterocycles. The van der Waals surface area contributed by atoms with Crippen LogP contribution in [0.3, 0.4) is 0 Å². The van der Waals surface area contributed by atoms with Crippen molar-refractivity contribution in [1.29, 1.82) is 0 Å². The summed E-state index contributed by atoms with van der Waals surface area (Å²) in [6, 6.07) is 11.5. The Labute approximate surface area is 207 Å². The Morgan fingerprint density at radius 2 is 1.57 bits per heavy atom. The maximum absolute atomic E-state index is 13.3. The van der Waals surface area contributed by atoms with Gasteiger partial charge in [-0.1, -0.05) is 12.1 Å². The second-order valence-electron chi connectivity index (χ2n) is 8.53. The standard InChI is InChI=1S/C27H36N2O6/c1-5-33-23-16-21(17-24(34-6-2)25(23)35-7-3)26(30)28(4)18-19-9-8-10-22(15-19)29-13-11-20(12-14-29)27(31)32/h8-10,15-17,20H,5-7,11-14,18H2,1-4H3,(H,31,32). The predicted octanol–water partition coefficient (Wildman–Crippen LogP) is 4.46. The van der Waals surface area contributed by atoms with Gasteiger partial charge in [-0.15, -0.1) is 0 Å². The van der Waals surface area contributed by atoms with Crippen LogP contribution in [0.4, 0.5) is 5.69 Å². The number of carbonyl (C=O) groups excluding carboxylic acids is 1. The lowest BCUT2D eigenvalue weighted by Crippen LogP contribution is -2.36. The molecule has 0 aromatic heterocycles. The molecule has 0 bridgehead atoms. The summed E-state index contributed by atoms with van der Waals surface area (Å²) in [6.45, 7) is 8.84. The van der Waals surface area contributed by atoms with Crippen molar-refractivity contribution in [3.05, 3.63) is 47.5 Å². The first kappa shape index (κ1) is 26.2. The molecule has 1 N–H and O–H groups in total. The maximum Gasteiger partial charge on any atom is 0.306 e. The molecule has 35 heavy (non-hydrogen) atoms. The molecule has 0 radical (unpaired) electrons. The third-order valence-electron chi connectivity index (χ3n) is 6.04. The van der Waals surface area contributed by atoms with Gasteiger partial charge in [0.2, 0.25) is 5.75 Å². The second-order valence-corrected chi connectivity index (χ2v) is 8.53. The summed E-state index contributed by atoms with van der Waals surface area (Å²) in [6.07, 6.45) is 1.28. The van der Waals surface area contributed by atoms with Crippen molar-refractivity contribution >= 4 is 17.6 Å². The van der Waals surface area contributed by atoms with E-state index in [0.29, 0.717) is 75.1 Å². The van der Waals surface area contributed by atoms with Crippen molar-refractivity contribution in [1.82, 2.24) is 4.90 Å². The molecular formula is C27H36N2O6. The molecule has 1 heterocycles. The average Bonchev–Trinajstić information content (AvgIpc) is 2.85. The Morgan fingerprint density at radius 3 is 2.11 bits per heavy atom. The van der Waals surface area contributed by atoms with E-state index < -0.39 is 5.97 Å². The first-order valence-corrected chi connectivity index (χ1v) is 12.3. The number of carboxylic acid groups (broad SMARTS) is 1. The number of aliphatic carboxylic acids is 1. The number of anilines is 1. The Bertz CT molecular complexity index is 989. The van der Waals surface area contributed by atoms with Crippen molar-refractivity contribution in [3.63, 3.8) is 0 Å². The van der Waals surface area contributed by atoms with Gasteiger partial charge in [0.25, 0.3) is 5.91 Å². The summed E-state index contributed by atoms with van der Waals surface area (Å²) in [7, 11) is 1.77. The summed E-state index contributed by atoms with van der Waals surface area (Å²) >= 11 is 0. The van der Waals surface area contributed by atoms with E-state index in [1.807, 2.05) is 39.0 Å². The number of rotatable bonds is 11. The highest BCUT2D eigenvalue weighted by Gasteiger charge is 2.25. The quantitative estimate of drug-likeness (QED) is 0.504. The highest BCUT2D eigenvalue weighted by atomic mass is 16.5. The summed E-state index contributed by atoms with van der Waals surface area (Å²) in [4.78, 5) is 28.4. The van der Waals surface area contributed by atoms with Gasteiger partial charge in [0.1, 0.15) is 0 Å². The molecule has 1 saturated heterocycles. The van der Waals surface area contributed by atoms with Gasteiger partial charge < -0.3 is 29.1 Å². The van der Waals surface area contributed by atoms with Gasteiger partial charge >= 0.3 is 5.97 Å². The van der Waals surface area contributed by atoms with E-state index in [1.165, 1.54) is 0 Å². The minimum Gasteiger partial charge on any atom is -0.490 e. The van der Waals surface area contributed by atoms with Crippen molar-refractivity contribution in [3.8, 4) is 17.2 Å². The van der Waals surface area contributed by atoms with Gasteiger partial charge in [-0.2, -0.15) is 0 Å². The molecule has 0 spiro atoms. The van der Waals surface area contributed by atoms with Crippen LogP contribution in [0, 0.1) is 5.92 Å². The summed E-state index contributed by atoms with van der Waals surface area (Å²) < 4.78 is 17.2. The van der Waals surface area contributed by atoms with Crippen LogP contribution in [0.2, 0.25) is 0 Å². The fraction of sp³-hybridized carbons (Fsp3) is 0.481. The third-order valence-corrected chi connectivity index (χ3v) is 6.04. The Hall–Kier alpha value is -3.42. The highest BCUT2D eigenvalue weighted by molar-refractivity contribution is 5.95. The van der Waals surface area contributed by atoms with Crippen molar-refractivity contribution in [2.45, 2.75) is 40.2 Å². The van der Waals surface area contributed by atoms with Gasteiger partial charge in [-0.25, -0.2) is 0 Å². The first-order chi connectivity index (χ1) is 16.9. The molecular weight excluding hydrogens is 448 g/mol. The highest BCUT2D eigenvalue weighted by Crippen LogP contribution is 2.39. The van der Waals surface area contributed by atoms with Crippen LogP contribution in [-0.4, -0.2) is 61.8 Å². The molecule has 1 fully saturated rings. The monoisotopic (exact) mass is 484 g/mol. The van der Waals surface area contributed by atoms with Crippen LogP contribution >= 0.6 is 0 Å². The number of amides is 1. The zero-order valence-corrected chi connectivity index (χ0v) is 21.1. The first-order valence-electron chi connectivity index (χ1n) is 12.3. The van der Waals surface area contributed by atoms with Gasteiger partial charge in [-0.05, 0) is 63.4 Å². The van der Waals surface area contributed by atoms with Crippen LogP contribution in [0.25, 0.3) is 0 Å². The largest absolute Gasteiger partial charge is 0.490 e.